The summed E-state index contributed by atoms with van der Waals surface area (Å²) in [5, 5.41) is 3.58. The quantitative estimate of drug-likeness (QED) is 0.899. The first-order chi connectivity index (χ1) is 9.06. The topological polar surface area (TPSA) is 28.2 Å². The molecule has 1 aromatic heterocycles. The minimum Gasteiger partial charge on any atom is -0.355 e. The minimum atomic E-state index is 0.615. The molecule has 1 unspecified atom stereocenters. The molecule has 2 heterocycles. The van der Waals surface area contributed by atoms with E-state index in [2.05, 4.69) is 58.0 Å². The van der Waals surface area contributed by atoms with Gasteiger partial charge in [-0.2, -0.15) is 0 Å². The minimum absolute atomic E-state index is 0.615. The Hall–Kier alpha value is -0.610. The molecule has 0 aromatic carbocycles. The van der Waals surface area contributed by atoms with E-state index in [0.717, 1.165) is 29.9 Å². The second kappa shape index (κ2) is 6.71. The van der Waals surface area contributed by atoms with Crippen molar-refractivity contribution in [1.29, 1.82) is 0 Å². The van der Waals surface area contributed by atoms with Crippen LogP contribution >= 0.6 is 15.9 Å². The van der Waals surface area contributed by atoms with E-state index >= 15 is 0 Å². The van der Waals surface area contributed by atoms with Crippen LogP contribution in [0.1, 0.15) is 32.3 Å². The molecule has 1 fully saturated rings. The number of aromatic nitrogens is 1. The zero-order chi connectivity index (χ0) is 13.8. The molecule has 0 bridgehead atoms. The van der Waals surface area contributed by atoms with Gasteiger partial charge in [0.25, 0.3) is 0 Å². The molecule has 1 aliphatic heterocycles. The van der Waals surface area contributed by atoms with E-state index in [9.17, 15) is 0 Å². The number of rotatable bonds is 5. The lowest BCUT2D eigenvalue weighted by molar-refractivity contribution is 0.537. The van der Waals surface area contributed by atoms with Gasteiger partial charge in [-0.15, -0.1) is 0 Å². The predicted octanol–water partition coefficient (Wildman–Crippen LogP) is 3.37. The van der Waals surface area contributed by atoms with Gasteiger partial charge in [0.1, 0.15) is 5.82 Å². The van der Waals surface area contributed by atoms with Gasteiger partial charge in [0.15, 0.2) is 0 Å². The highest BCUT2D eigenvalue weighted by molar-refractivity contribution is 9.10. The number of hydrogen-bond acceptors (Lipinski definition) is 3. The van der Waals surface area contributed by atoms with Gasteiger partial charge in [0, 0.05) is 29.8 Å². The van der Waals surface area contributed by atoms with Crippen molar-refractivity contribution >= 4 is 21.7 Å². The van der Waals surface area contributed by atoms with Crippen molar-refractivity contribution in [2.24, 2.45) is 5.92 Å². The van der Waals surface area contributed by atoms with Crippen LogP contribution < -0.4 is 10.2 Å². The molecule has 2 rings (SSSR count). The van der Waals surface area contributed by atoms with Crippen LogP contribution in [0.15, 0.2) is 16.7 Å². The van der Waals surface area contributed by atoms with E-state index in [1.54, 1.807) is 0 Å². The van der Waals surface area contributed by atoms with Crippen LogP contribution in [0.4, 0.5) is 5.82 Å². The summed E-state index contributed by atoms with van der Waals surface area (Å²) in [5.41, 5.74) is 1.25. The third kappa shape index (κ3) is 4.18. The molecule has 1 N–H and O–H groups in total. The smallest absolute Gasteiger partial charge is 0.128 e. The summed E-state index contributed by atoms with van der Waals surface area (Å²) >= 11 is 3.52. The van der Waals surface area contributed by atoms with Crippen molar-refractivity contribution in [2.75, 3.05) is 24.5 Å². The lowest BCUT2D eigenvalue weighted by Crippen LogP contribution is -2.39. The predicted molar refractivity (Wildman–Crippen MR) is 84.7 cm³/mol. The molecule has 19 heavy (non-hydrogen) atoms. The third-order valence-corrected chi connectivity index (χ3v) is 4.38. The van der Waals surface area contributed by atoms with E-state index in [1.807, 2.05) is 6.20 Å². The Morgan fingerprint density at radius 1 is 1.53 bits per heavy atom. The largest absolute Gasteiger partial charge is 0.355 e. The molecular formula is C15H24BrN3. The molecule has 0 spiro atoms. The van der Waals surface area contributed by atoms with Crippen molar-refractivity contribution in [2.45, 2.75) is 39.7 Å². The number of anilines is 1. The van der Waals surface area contributed by atoms with Crippen molar-refractivity contribution in [3.8, 4) is 0 Å². The van der Waals surface area contributed by atoms with E-state index in [0.29, 0.717) is 12.0 Å². The second-order valence-electron chi connectivity index (χ2n) is 5.88. The zero-order valence-corrected chi connectivity index (χ0v) is 13.7. The number of aryl methyl sites for hydroxylation is 1. The fourth-order valence-corrected chi connectivity index (χ4v) is 2.80. The molecule has 0 aliphatic carbocycles. The Morgan fingerprint density at radius 3 is 2.89 bits per heavy atom. The van der Waals surface area contributed by atoms with Crippen molar-refractivity contribution in [1.82, 2.24) is 10.3 Å². The zero-order valence-electron chi connectivity index (χ0n) is 12.1. The van der Waals surface area contributed by atoms with Gasteiger partial charge in [0.05, 0.1) is 0 Å². The van der Waals surface area contributed by atoms with Gasteiger partial charge in [-0.25, -0.2) is 4.98 Å². The molecule has 1 saturated heterocycles. The Bertz CT molecular complexity index is 414. The molecular weight excluding hydrogens is 302 g/mol. The van der Waals surface area contributed by atoms with Crippen LogP contribution in [-0.2, 0) is 0 Å². The van der Waals surface area contributed by atoms with E-state index in [4.69, 9.17) is 0 Å². The molecule has 1 aromatic rings. The summed E-state index contributed by atoms with van der Waals surface area (Å²) in [6.45, 7) is 9.93. The summed E-state index contributed by atoms with van der Waals surface area (Å²) in [6, 6.07) is 2.80. The molecule has 106 valence electrons. The van der Waals surface area contributed by atoms with Crippen LogP contribution in [0.3, 0.4) is 0 Å². The lowest BCUT2D eigenvalue weighted by atomic mass is 10.1. The molecule has 0 saturated carbocycles. The molecule has 3 nitrogen and oxygen atoms in total. The highest BCUT2D eigenvalue weighted by Crippen LogP contribution is 2.22. The number of nitrogens with one attached hydrogen (secondary N) is 1. The maximum absolute atomic E-state index is 4.59. The van der Waals surface area contributed by atoms with Crippen molar-refractivity contribution in [3.63, 3.8) is 0 Å². The van der Waals surface area contributed by atoms with Gasteiger partial charge in [0.2, 0.25) is 0 Å². The first-order valence-electron chi connectivity index (χ1n) is 7.16. The SMILES string of the molecule is Cc1cc(N(CC(C)C)CC2CCCN2)ncc1Br. The first kappa shape index (κ1) is 14.8. The van der Waals surface area contributed by atoms with Crippen LogP contribution in [0.2, 0.25) is 0 Å². The number of pyridine rings is 1. The van der Waals surface area contributed by atoms with Crippen molar-refractivity contribution < 1.29 is 0 Å². The highest BCUT2D eigenvalue weighted by atomic mass is 79.9. The van der Waals surface area contributed by atoms with Crippen LogP contribution in [0.25, 0.3) is 0 Å². The van der Waals surface area contributed by atoms with Gasteiger partial charge in [-0.05, 0) is 59.8 Å². The fraction of sp³-hybridized carbons (Fsp3) is 0.667. The lowest BCUT2D eigenvalue weighted by Gasteiger charge is -2.28. The van der Waals surface area contributed by atoms with Gasteiger partial charge in [-0.3, -0.25) is 0 Å². The van der Waals surface area contributed by atoms with Gasteiger partial charge >= 0.3 is 0 Å². The van der Waals surface area contributed by atoms with E-state index in [-0.39, 0.29) is 0 Å². The molecule has 1 aliphatic rings. The number of hydrogen-bond donors (Lipinski definition) is 1. The summed E-state index contributed by atoms with van der Waals surface area (Å²) < 4.78 is 1.08. The highest BCUT2D eigenvalue weighted by Gasteiger charge is 2.19. The average Bonchev–Trinajstić information content (AvgIpc) is 2.84. The Kier molecular flexibility index (Phi) is 5.22. The van der Waals surface area contributed by atoms with Gasteiger partial charge in [-0.1, -0.05) is 13.8 Å². The third-order valence-electron chi connectivity index (χ3n) is 3.55. The number of halogens is 1. The van der Waals surface area contributed by atoms with Crippen molar-refractivity contribution in [3.05, 3.63) is 22.3 Å². The van der Waals surface area contributed by atoms with E-state index < -0.39 is 0 Å². The molecule has 1 atom stereocenters. The standard InChI is InChI=1S/C15H24BrN3/c1-11(2)9-19(10-13-5-4-6-17-13)15-7-12(3)14(16)8-18-15/h7-8,11,13,17H,4-6,9-10H2,1-3H3. The fourth-order valence-electron chi connectivity index (χ4n) is 2.58. The van der Waals surface area contributed by atoms with Gasteiger partial charge < -0.3 is 10.2 Å². The van der Waals surface area contributed by atoms with Crippen LogP contribution in [0, 0.1) is 12.8 Å². The monoisotopic (exact) mass is 325 g/mol. The average molecular weight is 326 g/mol. The molecule has 0 radical (unpaired) electrons. The van der Waals surface area contributed by atoms with Crippen LogP contribution in [-0.4, -0.2) is 30.7 Å². The molecule has 4 heteroatoms. The maximum Gasteiger partial charge on any atom is 0.128 e. The van der Waals surface area contributed by atoms with Crippen LogP contribution in [0.5, 0.6) is 0 Å². The Morgan fingerprint density at radius 2 is 2.32 bits per heavy atom. The summed E-state index contributed by atoms with van der Waals surface area (Å²) in [7, 11) is 0. The Balaban J connectivity index is 2.12. The maximum atomic E-state index is 4.59. The summed E-state index contributed by atoms with van der Waals surface area (Å²) in [5.74, 6) is 1.75. The summed E-state index contributed by atoms with van der Waals surface area (Å²) in [4.78, 5) is 7.01. The second-order valence-corrected chi connectivity index (χ2v) is 6.74. The number of nitrogens with zero attached hydrogens (tertiary/aromatic N) is 2. The van der Waals surface area contributed by atoms with E-state index in [1.165, 1.54) is 18.4 Å². The molecule has 0 amide bonds. The Labute approximate surface area is 124 Å². The first-order valence-corrected chi connectivity index (χ1v) is 7.96. The normalized spacial score (nSPS) is 19.1. The summed E-state index contributed by atoms with van der Waals surface area (Å²) in [6.07, 6.45) is 4.50.